The molecule has 0 saturated heterocycles. The lowest BCUT2D eigenvalue weighted by molar-refractivity contribution is -0.138. The molecule has 0 fully saturated rings. The Morgan fingerprint density at radius 3 is 2.46 bits per heavy atom. The van der Waals surface area contributed by atoms with Crippen LogP contribution in [0, 0.1) is 6.92 Å². The normalized spacial score (nSPS) is 14.1. The van der Waals surface area contributed by atoms with Crippen LogP contribution < -0.4 is 15.5 Å². The van der Waals surface area contributed by atoms with Crippen molar-refractivity contribution < 1.29 is 28.3 Å². The van der Waals surface area contributed by atoms with Crippen molar-refractivity contribution in [3.63, 3.8) is 0 Å². The first-order valence-corrected chi connectivity index (χ1v) is 12.5. The number of carbonyl (C=O) groups is 4. The number of halogens is 1. The van der Waals surface area contributed by atoms with Gasteiger partial charge in [-0.25, -0.2) is 4.79 Å². The molecule has 3 aromatic rings. The third-order valence-corrected chi connectivity index (χ3v) is 6.09. The summed E-state index contributed by atoms with van der Waals surface area (Å²) in [4.78, 5) is 52.1. The van der Waals surface area contributed by atoms with Crippen LogP contribution in [0.4, 0.5) is 11.4 Å². The van der Waals surface area contributed by atoms with E-state index in [4.69, 9.17) is 20.8 Å². The molecule has 2 heterocycles. The van der Waals surface area contributed by atoms with E-state index < -0.39 is 23.7 Å². The topological polar surface area (TPSA) is 118 Å². The summed E-state index contributed by atoms with van der Waals surface area (Å²) in [7, 11) is 0. The number of esters is 1. The zero-order chi connectivity index (χ0) is 28.1. The Kier molecular flexibility index (Phi) is 8.31. The van der Waals surface area contributed by atoms with E-state index in [2.05, 4.69) is 10.6 Å². The molecule has 9 nitrogen and oxygen atoms in total. The van der Waals surface area contributed by atoms with Gasteiger partial charge in [-0.3, -0.25) is 19.3 Å². The second kappa shape index (κ2) is 11.8. The molecule has 39 heavy (non-hydrogen) atoms. The Labute approximate surface area is 230 Å². The van der Waals surface area contributed by atoms with Gasteiger partial charge in [-0.1, -0.05) is 35.4 Å². The zero-order valence-electron chi connectivity index (χ0n) is 21.5. The van der Waals surface area contributed by atoms with Gasteiger partial charge in [-0.05, 0) is 69.3 Å². The van der Waals surface area contributed by atoms with Crippen LogP contribution in [0.1, 0.15) is 30.9 Å². The van der Waals surface area contributed by atoms with Crippen LogP contribution in [0.3, 0.4) is 0 Å². The van der Waals surface area contributed by atoms with Crippen LogP contribution in [-0.2, 0) is 30.5 Å². The average molecular weight is 548 g/mol. The first-order chi connectivity index (χ1) is 18.7. The maximum atomic E-state index is 13.4. The molecule has 1 aliphatic rings. The largest absolute Gasteiger partial charge is 0.462 e. The second-order valence-electron chi connectivity index (χ2n) is 8.67. The molecule has 0 aliphatic carbocycles. The molecule has 0 bridgehead atoms. The third-order valence-electron chi connectivity index (χ3n) is 5.85. The maximum absolute atomic E-state index is 13.4. The summed E-state index contributed by atoms with van der Waals surface area (Å²) >= 11 is 5.89. The summed E-state index contributed by atoms with van der Waals surface area (Å²) in [5, 5.41) is 5.36. The van der Waals surface area contributed by atoms with Crippen molar-refractivity contribution in [1.82, 2.24) is 5.32 Å². The van der Waals surface area contributed by atoms with Crippen molar-refractivity contribution in [2.24, 2.45) is 0 Å². The number of furan rings is 1. The number of anilines is 2. The van der Waals surface area contributed by atoms with Crippen molar-refractivity contribution in [1.29, 1.82) is 0 Å². The fourth-order valence-corrected chi connectivity index (χ4v) is 4.19. The van der Waals surface area contributed by atoms with E-state index >= 15 is 0 Å². The summed E-state index contributed by atoms with van der Waals surface area (Å²) in [6, 6.07) is 17.0. The van der Waals surface area contributed by atoms with Gasteiger partial charge in [0.15, 0.2) is 0 Å². The van der Waals surface area contributed by atoms with Gasteiger partial charge in [-0.15, -0.1) is 0 Å². The van der Waals surface area contributed by atoms with Gasteiger partial charge >= 0.3 is 17.8 Å². The van der Waals surface area contributed by atoms with E-state index in [1.807, 2.05) is 19.1 Å². The molecule has 4 rings (SSSR count). The molecule has 0 saturated carbocycles. The Bertz CT molecular complexity index is 1500. The number of allylic oxidation sites excluding steroid dienone is 1. The average Bonchev–Trinajstić information content (AvgIpc) is 3.45. The highest BCUT2D eigenvalue weighted by molar-refractivity contribution is 6.39. The van der Waals surface area contributed by atoms with E-state index in [1.54, 1.807) is 56.3 Å². The quantitative estimate of drug-likeness (QED) is 0.250. The van der Waals surface area contributed by atoms with E-state index in [0.717, 1.165) is 5.56 Å². The Morgan fingerprint density at radius 2 is 1.77 bits per heavy atom. The van der Waals surface area contributed by atoms with E-state index in [-0.39, 0.29) is 30.1 Å². The predicted octanol–water partition coefficient (Wildman–Crippen LogP) is 4.76. The minimum atomic E-state index is -0.867. The van der Waals surface area contributed by atoms with E-state index in [1.165, 1.54) is 17.0 Å². The van der Waals surface area contributed by atoms with Gasteiger partial charge in [0.2, 0.25) is 0 Å². The third kappa shape index (κ3) is 6.27. The first-order valence-electron chi connectivity index (χ1n) is 12.1. The lowest BCUT2D eigenvalue weighted by Crippen LogP contribution is -2.34. The summed E-state index contributed by atoms with van der Waals surface area (Å²) in [6.07, 6.45) is 1.46. The van der Waals surface area contributed by atoms with Gasteiger partial charge in [0.05, 0.1) is 24.3 Å². The highest BCUT2D eigenvalue weighted by Crippen LogP contribution is 2.35. The summed E-state index contributed by atoms with van der Waals surface area (Å²) in [5.41, 5.74) is 2.75. The molecule has 0 atom stereocenters. The Morgan fingerprint density at radius 1 is 1.03 bits per heavy atom. The minimum Gasteiger partial charge on any atom is -0.462 e. The lowest BCUT2D eigenvalue weighted by Gasteiger charge is -2.18. The molecule has 2 N–H and O–H groups in total. The van der Waals surface area contributed by atoms with Crippen molar-refractivity contribution >= 4 is 52.7 Å². The molecule has 3 amide bonds. The highest BCUT2D eigenvalue weighted by atomic mass is 35.5. The molecule has 0 radical (unpaired) electrons. The van der Waals surface area contributed by atoms with Crippen molar-refractivity contribution in [3.05, 3.63) is 99.6 Å². The highest BCUT2D eigenvalue weighted by Gasteiger charge is 2.38. The second-order valence-corrected chi connectivity index (χ2v) is 9.10. The Hall–Kier alpha value is -4.63. The molecule has 200 valence electrons. The summed E-state index contributed by atoms with van der Waals surface area (Å²) in [6.45, 7) is 5.39. The molecular weight excluding hydrogens is 522 g/mol. The fraction of sp³-hybridized carbons (Fsp3) is 0.172. The van der Waals surface area contributed by atoms with Crippen molar-refractivity contribution in [3.8, 4) is 0 Å². The number of rotatable bonds is 7. The van der Waals surface area contributed by atoms with Crippen LogP contribution in [0.15, 0.2) is 81.9 Å². The van der Waals surface area contributed by atoms with Crippen LogP contribution in [-0.4, -0.2) is 30.3 Å². The molecule has 2 aromatic carbocycles. The minimum absolute atomic E-state index is 0.0754. The van der Waals surface area contributed by atoms with Gasteiger partial charge in [-0.2, -0.15) is 0 Å². The number of nitrogens with one attached hydrogen (secondary N) is 2. The number of benzene rings is 2. The van der Waals surface area contributed by atoms with Gasteiger partial charge in [0.25, 0.3) is 5.91 Å². The standard InChI is InChI=1S/C29H26ClN3O6/c1-4-38-29(37)25-18(3)33(21-10-8-17(2)9-11-21)28(36)24(25)15-22-12-13-23(39-22)16-31-26(34)27(35)32-20-7-5-6-19(30)14-20/h5-15H,4,16H2,1-3H3,(H,31,34)(H,32,35)/b24-15+. The number of ether oxygens (including phenoxy) is 1. The molecular formula is C29H26ClN3O6. The number of hydrogen-bond donors (Lipinski definition) is 2. The molecule has 0 spiro atoms. The van der Waals surface area contributed by atoms with Crippen LogP contribution in [0.25, 0.3) is 6.08 Å². The SMILES string of the molecule is CCOC(=O)C1=C(C)N(c2ccc(C)cc2)C(=O)/C1=C/c1ccc(CNC(=O)C(=O)Nc2cccc(Cl)c2)o1. The molecule has 1 aliphatic heterocycles. The van der Waals surface area contributed by atoms with Crippen LogP contribution >= 0.6 is 11.6 Å². The molecule has 10 heteroatoms. The monoisotopic (exact) mass is 547 g/mol. The zero-order valence-corrected chi connectivity index (χ0v) is 22.3. The van der Waals surface area contributed by atoms with Crippen LogP contribution in [0.2, 0.25) is 5.02 Å². The van der Waals surface area contributed by atoms with Gasteiger partial charge < -0.3 is 19.8 Å². The number of aryl methyl sites for hydroxylation is 1. The van der Waals surface area contributed by atoms with Crippen molar-refractivity contribution in [2.75, 3.05) is 16.8 Å². The predicted molar refractivity (Wildman–Crippen MR) is 147 cm³/mol. The molecule has 0 unspecified atom stereocenters. The van der Waals surface area contributed by atoms with E-state index in [9.17, 15) is 19.2 Å². The first kappa shape index (κ1) is 27.4. The van der Waals surface area contributed by atoms with Crippen molar-refractivity contribution in [2.45, 2.75) is 27.3 Å². The lowest BCUT2D eigenvalue weighted by atomic mass is 10.1. The number of nitrogens with zero attached hydrogens (tertiary/aromatic N) is 1. The number of amides is 3. The van der Waals surface area contributed by atoms with E-state index in [0.29, 0.717) is 27.9 Å². The van der Waals surface area contributed by atoms with Crippen LogP contribution in [0.5, 0.6) is 0 Å². The smallest absolute Gasteiger partial charge is 0.340 e. The number of carbonyl (C=O) groups excluding carboxylic acids is 4. The Balaban J connectivity index is 1.50. The molecule has 1 aromatic heterocycles. The summed E-state index contributed by atoms with van der Waals surface area (Å²) in [5.74, 6) is -2.12. The van der Waals surface area contributed by atoms with Gasteiger partial charge in [0.1, 0.15) is 11.5 Å². The van der Waals surface area contributed by atoms with Gasteiger partial charge in [0, 0.05) is 22.1 Å². The fourth-order valence-electron chi connectivity index (χ4n) is 4.00. The number of hydrogen-bond acceptors (Lipinski definition) is 6. The maximum Gasteiger partial charge on any atom is 0.340 e. The summed E-state index contributed by atoms with van der Waals surface area (Å²) < 4.78 is 11.0.